The lowest BCUT2D eigenvalue weighted by Gasteiger charge is -2.36. The normalized spacial score (nSPS) is 15.3. The Morgan fingerprint density at radius 1 is 1.06 bits per heavy atom. The smallest absolute Gasteiger partial charge is 0.316 e. The molecule has 0 radical (unpaired) electrons. The molecule has 0 unspecified atom stereocenters. The van der Waals surface area contributed by atoms with Crippen molar-refractivity contribution in [2.24, 2.45) is 0 Å². The minimum atomic E-state index is -3.39. The SMILES string of the molecule is CCOCCOc1c(N2CCN(S(=O)(=O)C(C)C)CC2)cnn(-c2cc(F)cc(F)c2)c1=O. The van der Waals surface area contributed by atoms with Gasteiger partial charge in [0.05, 0.1) is 23.7 Å². The van der Waals surface area contributed by atoms with Gasteiger partial charge in [0.2, 0.25) is 15.8 Å². The highest BCUT2D eigenvalue weighted by molar-refractivity contribution is 7.89. The molecule has 3 rings (SSSR count). The maximum Gasteiger partial charge on any atom is 0.316 e. The molecule has 0 N–H and O–H groups in total. The predicted molar refractivity (Wildman–Crippen MR) is 120 cm³/mol. The Balaban J connectivity index is 1.92. The molecule has 0 bridgehead atoms. The fourth-order valence-corrected chi connectivity index (χ4v) is 4.73. The average molecular weight is 487 g/mol. The van der Waals surface area contributed by atoms with Crippen LogP contribution in [0.2, 0.25) is 0 Å². The van der Waals surface area contributed by atoms with E-state index < -0.39 is 32.5 Å². The molecule has 9 nitrogen and oxygen atoms in total. The highest BCUT2D eigenvalue weighted by Gasteiger charge is 2.31. The van der Waals surface area contributed by atoms with E-state index in [0.717, 1.165) is 16.8 Å². The largest absolute Gasteiger partial charge is 0.484 e. The van der Waals surface area contributed by atoms with Crippen LogP contribution in [0, 0.1) is 11.6 Å². The van der Waals surface area contributed by atoms with E-state index in [0.29, 0.717) is 31.5 Å². The molecule has 0 aliphatic carbocycles. The van der Waals surface area contributed by atoms with E-state index in [2.05, 4.69) is 5.10 Å². The van der Waals surface area contributed by atoms with Gasteiger partial charge in [0, 0.05) is 38.9 Å². The van der Waals surface area contributed by atoms with Crippen LogP contribution >= 0.6 is 0 Å². The molecule has 1 fully saturated rings. The molecule has 0 spiro atoms. The van der Waals surface area contributed by atoms with E-state index in [9.17, 15) is 22.0 Å². The first-order valence-electron chi connectivity index (χ1n) is 10.7. The van der Waals surface area contributed by atoms with Crippen molar-refractivity contribution in [2.75, 3.05) is 50.9 Å². The minimum absolute atomic E-state index is 0.0467. The summed E-state index contributed by atoms with van der Waals surface area (Å²) in [5.41, 5.74) is -0.385. The van der Waals surface area contributed by atoms with Gasteiger partial charge >= 0.3 is 5.56 Å². The molecule has 1 saturated heterocycles. The van der Waals surface area contributed by atoms with Crippen LogP contribution in [-0.4, -0.2) is 73.8 Å². The number of piperazine rings is 1. The predicted octanol–water partition coefficient (Wildman–Crippen LogP) is 1.79. The first kappa shape index (κ1) is 25.1. The molecule has 0 atom stereocenters. The van der Waals surface area contributed by atoms with Crippen LogP contribution in [-0.2, 0) is 14.8 Å². The van der Waals surface area contributed by atoms with Crippen molar-refractivity contribution in [3.8, 4) is 11.4 Å². The standard InChI is InChI=1S/C21H28F2N4O5S/c1-4-31-9-10-32-20-19(25-5-7-26(8-6-25)33(29,30)15(2)3)14-24-27(21(20)28)18-12-16(22)11-17(23)13-18/h11-15H,4-10H2,1-3H3. The molecule has 2 aromatic rings. The third-order valence-corrected chi connectivity index (χ3v) is 7.50. The zero-order valence-corrected chi connectivity index (χ0v) is 19.6. The lowest BCUT2D eigenvalue weighted by molar-refractivity contribution is 0.109. The molecule has 1 aliphatic heterocycles. The Kier molecular flexibility index (Phi) is 8.03. The van der Waals surface area contributed by atoms with Gasteiger partial charge in [-0.15, -0.1) is 0 Å². The van der Waals surface area contributed by atoms with Crippen LogP contribution in [0.3, 0.4) is 0 Å². The van der Waals surface area contributed by atoms with Gasteiger partial charge < -0.3 is 14.4 Å². The molecule has 1 aromatic heterocycles. The second-order valence-electron chi connectivity index (χ2n) is 7.73. The van der Waals surface area contributed by atoms with E-state index in [-0.39, 0.29) is 37.7 Å². The lowest BCUT2D eigenvalue weighted by atomic mass is 10.2. The summed E-state index contributed by atoms with van der Waals surface area (Å²) in [5, 5.41) is 3.56. The number of anilines is 1. The molecule has 2 heterocycles. The van der Waals surface area contributed by atoms with Gasteiger partial charge in [-0.05, 0) is 32.9 Å². The van der Waals surface area contributed by atoms with Crippen LogP contribution in [0.15, 0.2) is 29.2 Å². The van der Waals surface area contributed by atoms with E-state index in [1.807, 2.05) is 11.8 Å². The minimum Gasteiger partial charge on any atom is -0.484 e. The van der Waals surface area contributed by atoms with E-state index in [1.54, 1.807) is 13.8 Å². The zero-order chi connectivity index (χ0) is 24.2. The van der Waals surface area contributed by atoms with Gasteiger partial charge in [-0.2, -0.15) is 14.1 Å². The van der Waals surface area contributed by atoms with Gasteiger partial charge in [0.1, 0.15) is 23.9 Å². The average Bonchev–Trinajstić information content (AvgIpc) is 2.76. The maximum absolute atomic E-state index is 13.7. The number of benzene rings is 1. The lowest BCUT2D eigenvalue weighted by Crippen LogP contribution is -2.50. The fourth-order valence-electron chi connectivity index (χ4n) is 3.46. The van der Waals surface area contributed by atoms with Crippen molar-refractivity contribution in [2.45, 2.75) is 26.0 Å². The van der Waals surface area contributed by atoms with Gasteiger partial charge in [0.25, 0.3) is 0 Å². The summed E-state index contributed by atoms with van der Waals surface area (Å²) in [6, 6.07) is 2.69. The van der Waals surface area contributed by atoms with Crippen molar-refractivity contribution in [1.29, 1.82) is 0 Å². The quantitative estimate of drug-likeness (QED) is 0.499. The molecule has 1 aliphatic rings. The van der Waals surface area contributed by atoms with Crippen molar-refractivity contribution in [3.05, 3.63) is 46.4 Å². The van der Waals surface area contributed by atoms with E-state index in [1.165, 1.54) is 10.5 Å². The second-order valence-corrected chi connectivity index (χ2v) is 10.2. The van der Waals surface area contributed by atoms with Crippen LogP contribution in [0.25, 0.3) is 5.69 Å². The highest BCUT2D eigenvalue weighted by Crippen LogP contribution is 2.26. The number of aromatic nitrogens is 2. The Morgan fingerprint density at radius 3 is 2.27 bits per heavy atom. The van der Waals surface area contributed by atoms with E-state index >= 15 is 0 Å². The number of hydrogen-bond acceptors (Lipinski definition) is 7. The molecular weight excluding hydrogens is 458 g/mol. The fraction of sp³-hybridized carbons (Fsp3) is 0.524. The van der Waals surface area contributed by atoms with Crippen LogP contribution < -0.4 is 15.2 Å². The topological polar surface area (TPSA) is 94.0 Å². The number of halogens is 2. The summed E-state index contributed by atoms with van der Waals surface area (Å²) < 4.78 is 65.6. The van der Waals surface area contributed by atoms with Crippen LogP contribution in [0.1, 0.15) is 20.8 Å². The molecule has 0 saturated carbocycles. The molecule has 0 amide bonds. The number of nitrogens with zero attached hydrogens (tertiary/aromatic N) is 4. The summed E-state index contributed by atoms with van der Waals surface area (Å²) in [4.78, 5) is 15.0. The van der Waals surface area contributed by atoms with Crippen LogP contribution in [0.4, 0.5) is 14.5 Å². The third-order valence-electron chi connectivity index (χ3n) is 5.22. The molecule has 182 valence electrons. The van der Waals surface area contributed by atoms with Crippen molar-refractivity contribution >= 4 is 15.7 Å². The first-order chi connectivity index (χ1) is 15.6. The Hall–Kier alpha value is -2.57. The molecular formula is C21H28F2N4O5S. The summed E-state index contributed by atoms with van der Waals surface area (Å²) in [6.07, 6.45) is 1.38. The monoisotopic (exact) mass is 486 g/mol. The second kappa shape index (κ2) is 10.6. The summed E-state index contributed by atoms with van der Waals surface area (Å²) in [6.45, 7) is 7.04. The van der Waals surface area contributed by atoms with Crippen molar-refractivity contribution in [3.63, 3.8) is 0 Å². The first-order valence-corrected chi connectivity index (χ1v) is 12.2. The van der Waals surface area contributed by atoms with Gasteiger partial charge in [-0.3, -0.25) is 4.79 Å². The summed E-state index contributed by atoms with van der Waals surface area (Å²) >= 11 is 0. The highest BCUT2D eigenvalue weighted by atomic mass is 32.2. The van der Waals surface area contributed by atoms with E-state index in [4.69, 9.17) is 9.47 Å². The number of hydrogen-bond donors (Lipinski definition) is 0. The van der Waals surface area contributed by atoms with Gasteiger partial charge in [-0.1, -0.05) is 0 Å². The number of ether oxygens (including phenoxy) is 2. The van der Waals surface area contributed by atoms with Crippen molar-refractivity contribution < 1.29 is 26.7 Å². The zero-order valence-electron chi connectivity index (χ0n) is 18.8. The third kappa shape index (κ3) is 5.68. The van der Waals surface area contributed by atoms with Crippen LogP contribution in [0.5, 0.6) is 5.75 Å². The van der Waals surface area contributed by atoms with Gasteiger partial charge in [0.15, 0.2) is 0 Å². The molecule has 12 heteroatoms. The van der Waals surface area contributed by atoms with Crippen molar-refractivity contribution in [1.82, 2.24) is 14.1 Å². The number of sulfonamides is 1. The number of rotatable bonds is 9. The summed E-state index contributed by atoms with van der Waals surface area (Å²) in [5.74, 6) is -1.73. The Bertz CT molecular complexity index is 1110. The summed E-state index contributed by atoms with van der Waals surface area (Å²) in [7, 11) is -3.39. The molecule has 33 heavy (non-hydrogen) atoms. The molecule has 1 aromatic carbocycles. The van der Waals surface area contributed by atoms with Gasteiger partial charge in [-0.25, -0.2) is 17.2 Å². The maximum atomic E-state index is 13.7. The Morgan fingerprint density at radius 2 is 1.70 bits per heavy atom. The Labute approximate surface area is 191 Å².